The Morgan fingerprint density at radius 2 is 1.12 bits per heavy atom. The Hall–Kier alpha value is -1.10. The third-order valence-electron chi connectivity index (χ3n) is 5.67. The number of ether oxygens (including phenoxy) is 2. The molecule has 0 spiro atoms. The molecule has 0 aromatic heterocycles. The molecule has 2 fully saturated rings. The summed E-state index contributed by atoms with van der Waals surface area (Å²) < 4.78 is 11.7. The van der Waals surface area contributed by atoms with Gasteiger partial charge in [-0.15, -0.1) is 0 Å². The number of rotatable bonds is 7. The van der Waals surface area contributed by atoms with Gasteiger partial charge in [-0.05, 0) is 59.7 Å². The second kappa shape index (κ2) is 8.28. The summed E-state index contributed by atoms with van der Waals surface area (Å²) >= 11 is 0. The molecule has 0 saturated heterocycles. The molecule has 0 amide bonds. The zero-order valence-electron chi connectivity index (χ0n) is 15.7. The number of hydrogen-bond acceptors (Lipinski definition) is 2. The highest BCUT2D eigenvalue weighted by Gasteiger charge is 2.26. The van der Waals surface area contributed by atoms with Gasteiger partial charge in [-0.1, -0.05) is 54.3 Å². The highest BCUT2D eigenvalue weighted by atomic mass is 31.1. The third-order valence-corrected chi connectivity index (χ3v) is 9.10. The normalized spacial score (nSPS) is 18.4. The van der Waals surface area contributed by atoms with Crippen LogP contribution < -0.4 is 20.1 Å². The largest absolute Gasteiger partial charge is 0.496 e. The summed E-state index contributed by atoms with van der Waals surface area (Å²) in [4.78, 5) is 0. The Morgan fingerprint density at radius 3 is 1.42 bits per heavy atom. The average molecular weight is 386 g/mol. The Labute approximate surface area is 160 Å². The predicted molar refractivity (Wildman–Crippen MR) is 116 cm³/mol. The molecule has 2 saturated carbocycles. The van der Waals surface area contributed by atoms with Crippen LogP contribution in [0.5, 0.6) is 11.5 Å². The van der Waals surface area contributed by atoms with Gasteiger partial charge in [0.05, 0.1) is 14.2 Å². The van der Waals surface area contributed by atoms with Crippen LogP contribution in [-0.2, 0) is 0 Å². The minimum atomic E-state index is 0.855. The lowest BCUT2D eigenvalue weighted by atomic mass is 10.00. The van der Waals surface area contributed by atoms with Gasteiger partial charge in [0, 0.05) is 11.1 Å². The molecule has 2 aromatic carbocycles. The SMILES string of the molecule is COc1cccc(PC2CCC2)c1-c1c(OC)cccc1PC1CCC1. The van der Waals surface area contributed by atoms with Crippen molar-refractivity contribution in [2.24, 2.45) is 0 Å². The van der Waals surface area contributed by atoms with Gasteiger partial charge in [-0.25, -0.2) is 0 Å². The quantitative estimate of drug-likeness (QED) is 0.618. The maximum atomic E-state index is 5.83. The van der Waals surface area contributed by atoms with Crippen molar-refractivity contribution in [2.45, 2.75) is 49.8 Å². The van der Waals surface area contributed by atoms with E-state index in [2.05, 4.69) is 36.4 Å². The zero-order valence-corrected chi connectivity index (χ0v) is 17.7. The van der Waals surface area contributed by atoms with Crippen LogP contribution >= 0.6 is 17.2 Å². The number of benzene rings is 2. The van der Waals surface area contributed by atoms with Crippen LogP contribution in [0.1, 0.15) is 38.5 Å². The van der Waals surface area contributed by atoms with E-state index in [1.807, 2.05) is 0 Å². The van der Waals surface area contributed by atoms with Gasteiger partial charge in [-0.2, -0.15) is 0 Å². The van der Waals surface area contributed by atoms with Crippen LogP contribution in [0.2, 0.25) is 0 Å². The Bertz CT molecular complexity index is 701. The van der Waals surface area contributed by atoms with Gasteiger partial charge in [-0.3, -0.25) is 0 Å². The summed E-state index contributed by atoms with van der Waals surface area (Å²) in [5, 5.41) is 2.89. The summed E-state index contributed by atoms with van der Waals surface area (Å²) in [5.41, 5.74) is 4.26. The van der Waals surface area contributed by atoms with E-state index in [0.717, 1.165) is 40.0 Å². The first kappa shape index (κ1) is 18.3. The molecule has 0 N–H and O–H groups in total. The van der Waals surface area contributed by atoms with Crippen molar-refractivity contribution in [1.29, 1.82) is 0 Å². The molecule has 26 heavy (non-hydrogen) atoms. The van der Waals surface area contributed by atoms with Gasteiger partial charge >= 0.3 is 0 Å². The second-order valence-corrected chi connectivity index (χ2v) is 10.6. The predicted octanol–water partition coefficient (Wildman–Crippen LogP) is 5.08. The molecule has 4 rings (SSSR count). The smallest absolute Gasteiger partial charge is 0.127 e. The van der Waals surface area contributed by atoms with E-state index in [1.165, 1.54) is 60.3 Å². The monoisotopic (exact) mass is 386 g/mol. The maximum absolute atomic E-state index is 5.83. The van der Waals surface area contributed by atoms with E-state index in [9.17, 15) is 0 Å². The Kier molecular flexibility index (Phi) is 5.82. The van der Waals surface area contributed by atoms with E-state index in [4.69, 9.17) is 9.47 Å². The molecule has 2 atom stereocenters. The van der Waals surface area contributed by atoms with Crippen molar-refractivity contribution >= 4 is 27.8 Å². The molecule has 4 heteroatoms. The molecule has 2 aromatic rings. The molecule has 2 unspecified atom stereocenters. The minimum Gasteiger partial charge on any atom is -0.496 e. The standard InChI is InChI=1S/C22H28O2P2/c1-23-17-11-5-13-19(25-15-7-3-8-15)21(17)22-18(24-2)12-6-14-20(22)26-16-9-4-10-16/h5-6,11-16,25-26H,3-4,7-10H2,1-2H3. The van der Waals surface area contributed by atoms with Crippen molar-refractivity contribution in [3.8, 4) is 22.6 Å². The lowest BCUT2D eigenvalue weighted by Gasteiger charge is -2.29. The molecule has 2 aliphatic carbocycles. The lowest BCUT2D eigenvalue weighted by Crippen LogP contribution is -2.20. The second-order valence-electron chi connectivity index (χ2n) is 7.31. The zero-order chi connectivity index (χ0) is 17.9. The molecule has 0 radical (unpaired) electrons. The fourth-order valence-electron chi connectivity index (χ4n) is 3.70. The van der Waals surface area contributed by atoms with E-state index in [0.29, 0.717) is 0 Å². The first-order valence-electron chi connectivity index (χ1n) is 9.67. The fraction of sp³-hybridized carbons (Fsp3) is 0.455. The van der Waals surface area contributed by atoms with Crippen LogP contribution in [0.15, 0.2) is 36.4 Å². The van der Waals surface area contributed by atoms with Crippen LogP contribution in [-0.4, -0.2) is 25.5 Å². The summed E-state index contributed by atoms with van der Waals surface area (Å²) in [7, 11) is 5.30. The average Bonchev–Trinajstić information content (AvgIpc) is 2.60. The van der Waals surface area contributed by atoms with Crippen molar-refractivity contribution in [3.63, 3.8) is 0 Å². The summed E-state index contributed by atoms with van der Waals surface area (Å²) in [6, 6.07) is 13.1. The molecule has 2 nitrogen and oxygen atoms in total. The first-order chi connectivity index (χ1) is 12.8. The van der Waals surface area contributed by atoms with Gasteiger partial charge in [0.2, 0.25) is 0 Å². The van der Waals surface area contributed by atoms with Gasteiger partial charge in [0.1, 0.15) is 11.5 Å². The Balaban J connectivity index is 1.82. The number of hydrogen-bond donors (Lipinski definition) is 0. The van der Waals surface area contributed by atoms with Crippen molar-refractivity contribution in [1.82, 2.24) is 0 Å². The van der Waals surface area contributed by atoms with Crippen molar-refractivity contribution < 1.29 is 9.47 Å². The van der Waals surface area contributed by atoms with Crippen LogP contribution in [0.4, 0.5) is 0 Å². The van der Waals surface area contributed by atoms with Crippen LogP contribution in [0, 0.1) is 0 Å². The van der Waals surface area contributed by atoms with Crippen LogP contribution in [0.25, 0.3) is 11.1 Å². The van der Waals surface area contributed by atoms with Crippen LogP contribution in [0.3, 0.4) is 0 Å². The molecule has 138 valence electrons. The van der Waals surface area contributed by atoms with Gasteiger partial charge in [0.15, 0.2) is 0 Å². The van der Waals surface area contributed by atoms with Gasteiger partial charge < -0.3 is 9.47 Å². The van der Waals surface area contributed by atoms with Crippen molar-refractivity contribution in [2.75, 3.05) is 14.2 Å². The molecule has 0 bridgehead atoms. The summed E-state index contributed by atoms with van der Waals surface area (Å²) in [6.45, 7) is 0. The number of methoxy groups -OCH3 is 2. The van der Waals surface area contributed by atoms with E-state index in [-0.39, 0.29) is 0 Å². The van der Waals surface area contributed by atoms with E-state index < -0.39 is 0 Å². The Morgan fingerprint density at radius 1 is 0.692 bits per heavy atom. The molecule has 2 aliphatic rings. The maximum Gasteiger partial charge on any atom is 0.127 e. The van der Waals surface area contributed by atoms with Gasteiger partial charge in [0.25, 0.3) is 0 Å². The highest BCUT2D eigenvalue weighted by Crippen LogP contribution is 2.45. The molecular formula is C22H28O2P2. The summed E-state index contributed by atoms with van der Waals surface area (Å²) in [5.74, 6) is 1.97. The molecular weight excluding hydrogens is 358 g/mol. The summed E-state index contributed by atoms with van der Waals surface area (Å²) in [6.07, 6.45) is 8.27. The third kappa shape index (κ3) is 3.64. The van der Waals surface area contributed by atoms with E-state index in [1.54, 1.807) is 14.2 Å². The topological polar surface area (TPSA) is 18.5 Å². The van der Waals surface area contributed by atoms with Crippen molar-refractivity contribution in [3.05, 3.63) is 36.4 Å². The first-order valence-corrected chi connectivity index (χ1v) is 11.8. The fourth-order valence-corrected chi connectivity index (χ4v) is 7.15. The molecule has 0 heterocycles. The lowest BCUT2D eigenvalue weighted by molar-refractivity contribution is 0.411. The minimum absolute atomic E-state index is 0.855. The highest BCUT2D eigenvalue weighted by molar-refractivity contribution is 7.49. The van der Waals surface area contributed by atoms with E-state index >= 15 is 0 Å². The molecule has 0 aliphatic heterocycles.